The molecular formula is C22H20N4O3S. The predicted molar refractivity (Wildman–Crippen MR) is 115 cm³/mol. The van der Waals surface area contributed by atoms with Crippen LogP contribution in [0.25, 0.3) is 11.0 Å². The van der Waals surface area contributed by atoms with Gasteiger partial charge in [-0.2, -0.15) is 5.10 Å². The number of nitrogens with one attached hydrogen (secondary N) is 1. The molecule has 1 amide bonds. The van der Waals surface area contributed by atoms with Crippen molar-refractivity contribution >= 4 is 34.2 Å². The minimum Gasteiger partial charge on any atom is -0.465 e. The fourth-order valence-electron chi connectivity index (χ4n) is 3.18. The van der Waals surface area contributed by atoms with Crippen molar-refractivity contribution in [2.24, 2.45) is 0 Å². The molecule has 0 saturated carbocycles. The number of carbonyl (C=O) groups excluding carboxylic acids is 2. The third-order valence-corrected chi connectivity index (χ3v) is 5.56. The molecule has 0 fully saturated rings. The van der Waals surface area contributed by atoms with Gasteiger partial charge in [0.2, 0.25) is 0 Å². The van der Waals surface area contributed by atoms with Crippen LogP contribution < -0.4 is 5.32 Å². The third-order valence-electron chi connectivity index (χ3n) is 4.70. The van der Waals surface area contributed by atoms with Crippen LogP contribution in [-0.4, -0.2) is 33.8 Å². The van der Waals surface area contributed by atoms with Gasteiger partial charge in [-0.3, -0.25) is 4.79 Å². The summed E-state index contributed by atoms with van der Waals surface area (Å²) >= 11 is 1.66. The first kappa shape index (κ1) is 19.8. The van der Waals surface area contributed by atoms with Gasteiger partial charge in [-0.05, 0) is 42.1 Å². The Bertz CT molecular complexity index is 1200. The number of thiophene rings is 1. The number of benzene rings is 1. The molecule has 152 valence electrons. The summed E-state index contributed by atoms with van der Waals surface area (Å²) in [6.07, 6.45) is 1.69. The number of aryl methyl sites for hydroxylation is 1. The number of methoxy groups -OCH3 is 1. The lowest BCUT2D eigenvalue weighted by molar-refractivity contribution is 0.0600. The summed E-state index contributed by atoms with van der Waals surface area (Å²) in [4.78, 5) is 30.2. The van der Waals surface area contributed by atoms with Crippen molar-refractivity contribution in [2.75, 3.05) is 7.11 Å². The van der Waals surface area contributed by atoms with Crippen LogP contribution in [0.3, 0.4) is 0 Å². The average molecular weight is 420 g/mol. The van der Waals surface area contributed by atoms with Gasteiger partial charge in [-0.25, -0.2) is 14.5 Å². The van der Waals surface area contributed by atoms with Crippen molar-refractivity contribution in [3.63, 3.8) is 0 Å². The Morgan fingerprint density at radius 3 is 2.70 bits per heavy atom. The Kier molecular flexibility index (Phi) is 5.58. The highest BCUT2D eigenvalue weighted by Crippen LogP contribution is 2.20. The molecule has 3 aromatic heterocycles. The van der Waals surface area contributed by atoms with E-state index in [9.17, 15) is 9.59 Å². The highest BCUT2D eigenvalue weighted by atomic mass is 32.1. The van der Waals surface area contributed by atoms with E-state index in [4.69, 9.17) is 4.74 Å². The summed E-state index contributed by atoms with van der Waals surface area (Å²) in [5.74, 6) is -0.585. The summed E-state index contributed by atoms with van der Waals surface area (Å²) in [6.45, 7) is 2.82. The van der Waals surface area contributed by atoms with Crippen LogP contribution >= 0.6 is 11.3 Å². The molecule has 0 aliphatic carbocycles. The topological polar surface area (TPSA) is 86.1 Å². The molecule has 0 unspecified atom stereocenters. The Hall–Kier alpha value is -3.52. The van der Waals surface area contributed by atoms with Gasteiger partial charge < -0.3 is 10.1 Å². The van der Waals surface area contributed by atoms with Crippen LogP contribution in [0.5, 0.6) is 0 Å². The molecule has 8 heteroatoms. The molecule has 0 atom stereocenters. The first-order chi connectivity index (χ1) is 14.5. The zero-order valence-corrected chi connectivity index (χ0v) is 17.4. The molecule has 7 nitrogen and oxygen atoms in total. The second-order valence-electron chi connectivity index (χ2n) is 6.80. The van der Waals surface area contributed by atoms with E-state index >= 15 is 0 Å². The van der Waals surface area contributed by atoms with Crippen molar-refractivity contribution in [3.8, 4) is 0 Å². The highest BCUT2D eigenvalue weighted by Gasteiger charge is 2.16. The number of ether oxygens (including phenoxy) is 1. The van der Waals surface area contributed by atoms with E-state index in [0.29, 0.717) is 29.9 Å². The van der Waals surface area contributed by atoms with E-state index in [-0.39, 0.29) is 11.9 Å². The van der Waals surface area contributed by atoms with Gasteiger partial charge in [0.05, 0.1) is 36.4 Å². The van der Waals surface area contributed by atoms with Gasteiger partial charge >= 0.3 is 5.97 Å². The molecular weight excluding hydrogens is 400 g/mol. The van der Waals surface area contributed by atoms with E-state index in [1.807, 2.05) is 29.1 Å². The standard InChI is InChI=1S/C22H20N4O3S/c1-14-10-18(19-12-24-26(20(19)25-14)13-17-4-3-9-30-17)21(27)23-11-15-5-7-16(8-6-15)22(28)29-2/h3-10,12H,11,13H2,1-2H3,(H,23,27). The van der Waals surface area contributed by atoms with Crippen LogP contribution in [0, 0.1) is 6.92 Å². The van der Waals surface area contributed by atoms with E-state index in [1.165, 1.54) is 12.0 Å². The number of hydrogen-bond donors (Lipinski definition) is 1. The van der Waals surface area contributed by atoms with Crippen LogP contribution in [0.1, 0.15) is 36.9 Å². The van der Waals surface area contributed by atoms with Crippen molar-refractivity contribution in [2.45, 2.75) is 20.0 Å². The van der Waals surface area contributed by atoms with Crippen LogP contribution in [0.2, 0.25) is 0 Å². The molecule has 0 saturated heterocycles. The lowest BCUT2D eigenvalue weighted by Crippen LogP contribution is -2.23. The summed E-state index contributed by atoms with van der Waals surface area (Å²) < 4.78 is 6.51. The molecule has 1 N–H and O–H groups in total. The molecule has 3 heterocycles. The molecule has 1 aromatic carbocycles. The maximum absolute atomic E-state index is 12.9. The van der Waals surface area contributed by atoms with Crippen LogP contribution in [0.4, 0.5) is 0 Å². The van der Waals surface area contributed by atoms with Gasteiger partial charge in [-0.1, -0.05) is 18.2 Å². The minimum absolute atomic E-state index is 0.196. The molecule has 0 spiro atoms. The number of nitrogens with zero attached hydrogens (tertiary/aromatic N) is 3. The maximum Gasteiger partial charge on any atom is 0.337 e. The van der Waals surface area contributed by atoms with Crippen molar-refractivity contribution in [3.05, 3.63) is 81.3 Å². The number of esters is 1. The van der Waals surface area contributed by atoms with Crippen LogP contribution in [-0.2, 0) is 17.8 Å². The predicted octanol–water partition coefficient (Wildman–Crippen LogP) is 3.57. The Balaban J connectivity index is 1.53. The SMILES string of the molecule is COC(=O)c1ccc(CNC(=O)c2cc(C)nc3c2cnn3Cc2cccs2)cc1. The maximum atomic E-state index is 12.9. The first-order valence-corrected chi connectivity index (χ1v) is 10.2. The zero-order chi connectivity index (χ0) is 21.1. The van der Waals surface area contributed by atoms with Gasteiger partial charge in [0.15, 0.2) is 5.65 Å². The van der Waals surface area contributed by atoms with Crippen molar-refractivity contribution in [1.82, 2.24) is 20.1 Å². The Labute approximate surface area is 177 Å². The summed E-state index contributed by atoms with van der Waals surface area (Å²) in [6, 6.07) is 12.8. The summed E-state index contributed by atoms with van der Waals surface area (Å²) in [5.41, 5.74) is 3.34. The van der Waals surface area contributed by atoms with Gasteiger partial charge in [-0.15, -0.1) is 11.3 Å². The number of hydrogen-bond acceptors (Lipinski definition) is 6. The van der Waals surface area contributed by atoms with Crippen molar-refractivity contribution < 1.29 is 14.3 Å². The Morgan fingerprint density at radius 2 is 2.00 bits per heavy atom. The second kappa shape index (κ2) is 8.46. The van der Waals surface area contributed by atoms with Crippen LogP contribution in [0.15, 0.2) is 54.0 Å². The second-order valence-corrected chi connectivity index (χ2v) is 7.83. The monoisotopic (exact) mass is 420 g/mol. The largest absolute Gasteiger partial charge is 0.465 e. The molecule has 4 rings (SSSR count). The number of amides is 1. The highest BCUT2D eigenvalue weighted by molar-refractivity contribution is 7.09. The fraction of sp³-hybridized carbons (Fsp3) is 0.182. The lowest BCUT2D eigenvalue weighted by atomic mass is 10.1. The summed E-state index contributed by atoms with van der Waals surface area (Å²) in [7, 11) is 1.34. The number of fused-ring (bicyclic) bond motifs is 1. The quantitative estimate of drug-likeness (QED) is 0.482. The number of aromatic nitrogens is 3. The van der Waals surface area contributed by atoms with Gasteiger partial charge in [0.25, 0.3) is 5.91 Å². The smallest absolute Gasteiger partial charge is 0.337 e. The molecule has 0 radical (unpaired) electrons. The van der Waals surface area contributed by atoms with E-state index in [2.05, 4.69) is 15.4 Å². The molecule has 30 heavy (non-hydrogen) atoms. The van der Waals surface area contributed by atoms with Crippen molar-refractivity contribution in [1.29, 1.82) is 0 Å². The zero-order valence-electron chi connectivity index (χ0n) is 16.6. The third kappa shape index (κ3) is 4.08. The first-order valence-electron chi connectivity index (χ1n) is 9.36. The fourth-order valence-corrected chi connectivity index (χ4v) is 3.87. The number of pyridine rings is 1. The molecule has 0 aliphatic rings. The molecule has 4 aromatic rings. The van der Waals surface area contributed by atoms with E-state index < -0.39 is 0 Å². The van der Waals surface area contributed by atoms with E-state index in [0.717, 1.165) is 16.6 Å². The summed E-state index contributed by atoms with van der Waals surface area (Å²) in [5, 5.41) is 10.1. The molecule has 0 aliphatic heterocycles. The average Bonchev–Trinajstić information content (AvgIpc) is 3.42. The van der Waals surface area contributed by atoms with Gasteiger partial charge in [0, 0.05) is 17.1 Å². The van der Waals surface area contributed by atoms with E-state index in [1.54, 1.807) is 47.9 Å². The number of carbonyl (C=O) groups is 2. The van der Waals surface area contributed by atoms with Gasteiger partial charge in [0.1, 0.15) is 0 Å². The Morgan fingerprint density at radius 1 is 1.20 bits per heavy atom. The normalized spacial score (nSPS) is 10.9. The molecule has 0 bridgehead atoms. The lowest BCUT2D eigenvalue weighted by Gasteiger charge is -2.08. The minimum atomic E-state index is -0.389. The number of rotatable bonds is 6.